The molecule has 0 saturated carbocycles. The zero-order chi connectivity index (χ0) is 18.1. The van der Waals surface area contributed by atoms with Gasteiger partial charge in [0.2, 0.25) is 0 Å². The van der Waals surface area contributed by atoms with Crippen LogP contribution in [0, 0.1) is 0 Å². The van der Waals surface area contributed by atoms with Gasteiger partial charge in [-0.15, -0.1) is 0 Å². The van der Waals surface area contributed by atoms with Gasteiger partial charge in [0.25, 0.3) is 10.1 Å². The molecular weight excluding hydrogens is 328 g/mol. The molecule has 0 aromatic heterocycles. The molecule has 0 atom stereocenters. The Morgan fingerprint density at radius 3 is 1.50 bits per heavy atom. The molecule has 144 valence electrons. The van der Waals surface area contributed by atoms with Gasteiger partial charge in [-0.25, -0.2) is 0 Å². The highest BCUT2D eigenvalue weighted by Gasteiger charge is 2.13. The van der Waals surface area contributed by atoms with E-state index in [1.165, 1.54) is 70.6 Å². The summed E-state index contributed by atoms with van der Waals surface area (Å²) in [6, 6.07) is 0. The number of hydrogen-bond acceptors (Lipinski definition) is 4. The van der Waals surface area contributed by atoms with Crippen LogP contribution in [0.2, 0.25) is 0 Å². The summed E-state index contributed by atoms with van der Waals surface area (Å²) in [5.41, 5.74) is 0. The van der Waals surface area contributed by atoms with Gasteiger partial charge in [0, 0.05) is 0 Å². The van der Waals surface area contributed by atoms with E-state index in [1.807, 2.05) is 0 Å². The van der Waals surface area contributed by atoms with E-state index in [0.717, 1.165) is 19.3 Å². The predicted octanol–water partition coefficient (Wildman–Crippen LogP) is 4.90. The second-order valence-electron chi connectivity index (χ2n) is 6.54. The summed E-state index contributed by atoms with van der Waals surface area (Å²) in [5.74, 6) is -1.84. The lowest BCUT2D eigenvalue weighted by Gasteiger charge is -2.04. The number of carbonyl (C=O) groups is 1. The molecule has 0 unspecified atom stereocenters. The summed E-state index contributed by atoms with van der Waals surface area (Å²) in [5, 5.41) is 0. The van der Waals surface area contributed by atoms with Gasteiger partial charge in [-0.3, -0.25) is 9.35 Å². The standard InChI is InChI=1S/C18H36O5S/c1-2-3-4-5-6-7-8-9-10-11-12-13-14-15-16-23-18(19)17-24(20,21)22/h2-17H2,1H3,(H,20,21,22). The third kappa shape index (κ3) is 19.4. The van der Waals surface area contributed by atoms with Crippen LogP contribution in [-0.4, -0.2) is 31.3 Å². The smallest absolute Gasteiger partial charge is 0.323 e. The zero-order valence-electron chi connectivity index (χ0n) is 15.3. The first-order valence-electron chi connectivity index (χ1n) is 9.56. The van der Waals surface area contributed by atoms with Crippen molar-refractivity contribution in [2.24, 2.45) is 0 Å². The molecule has 0 amide bonds. The van der Waals surface area contributed by atoms with Gasteiger partial charge in [-0.2, -0.15) is 8.42 Å². The lowest BCUT2D eigenvalue weighted by molar-refractivity contribution is -0.140. The number of carbonyl (C=O) groups excluding carboxylic acids is 1. The van der Waals surface area contributed by atoms with Gasteiger partial charge in [0.15, 0.2) is 5.75 Å². The van der Waals surface area contributed by atoms with Crippen LogP contribution >= 0.6 is 0 Å². The van der Waals surface area contributed by atoms with Crippen molar-refractivity contribution in [3.05, 3.63) is 0 Å². The molecule has 0 aliphatic rings. The summed E-state index contributed by atoms with van der Waals surface area (Å²) in [4.78, 5) is 11.0. The molecule has 24 heavy (non-hydrogen) atoms. The SMILES string of the molecule is CCCCCCCCCCCCCCCCOC(=O)CS(=O)(=O)O. The van der Waals surface area contributed by atoms with E-state index >= 15 is 0 Å². The van der Waals surface area contributed by atoms with E-state index in [2.05, 4.69) is 6.92 Å². The van der Waals surface area contributed by atoms with Crippen LogP contribution in [-0.2, 0) is 19.6 Å². The summed E-state index contributed by atoms with van der Waals surface area (Å²) in [6.07, 6.45) is 17.5. The highest BCUT2D eigenvalue weighted by molar-refractivity contribution is 7.86. The minimum absolute atomic E-state index is 0.229. The molecule has 0 fully saturated rings. The molecule has 1 N–H and O–H groups in total. The molecule has 0 spiro atoms. The van der Waals surface area contributed by atoms with E-state index < -0.39 is 21.8 Å². The van der Waals surface area contributed by atoms with Crippen LogP contribution in [0.3, 0.4) is 0 Å². The highest BCUT2D eigenvalue weighted by Crippen LogP contribution is 2.12. The Balaban J connectivity index is 3.16. The van der Waals surface area contributed by atoms with E-state index in [-0.39, 0.29) is 6.61 Å². The van der Waals surface area contributed by atoms with Gasteiger partial charge >= 0.3 is 5.97 Å². The first-order valence-corrected chi connectivity index (χ1v) is 11.2. The Morgan fingerprint density at radius 1 is 0.750 bits per heavy atom. The van der Waals surface area contributed by atoms with E-state index in [1.54, 1.807) is 0 Å². The summed E-state index contributed by atoms with van der Waals surface area (Å²) < 4.78 is 34.1. The van der Waals surface area contributed by atoms with E-state index in [4.69, 9.17) is 9.29 Å². The number of ether oxygens (including phenoxy) is 1. The Morgan fingerprint density at radius 2 is 1.12 bits per heavy atom. The molecule has 0 rings (SSSR count). The van der Waals surface area contributed by atoms with Crippen molar-refractivity contribution >= 4 is 16.1 Å². The number of hydrogen-bond donors (Lipinski definition) is 1. The maximum absolute atomic E-state index is 11.0. The maximum atomic E-state index is 11.0. The van der Waals surface area contributed by atoms with E-state index in [9.17, 15) is 13.2 Å². The van der Waals surface area contributed by atoms with Crippen LogP contribution in [0.5, 0.6) is 0 Å². The Labute approximate surface area is 148 Å². The van der Waals surface area contributed by atoms with Gasteiger partial charge in [0.1, 0.15) is 0 Å². The Hall–Kier alpha value is -0.620. The van der Waals surface area contributed by atoms with Gasteiger partial charge in [0.05, 0.1) is 6.61 Å². The molecule has 0 saturated heterocycles. The third-order valence-corrected chi connectivity index (χ3v) is 4.66. The minimum Gasteiger partial charge on any atom is -0.465 e. The lowest BCUT2D eigenvalue weighted by Crippen LogP contribution is -2.18. The maximum Gasteiger partial charge on any atom is 0.323 e. The van der Waals surface area contributed by atoms with Crippen LogP contribution in [0.25, 0.3) is 0 Å². The van der Waals surface area contributed by atoms with Crippen molar-refractivity contribution in [1.29, 1.82) is 0 Å². The average molecular weight is 365 g/mol. The van der Waals surface area contributed by atoms with Crippen molar-refractivity contribution in [2.45, 2.75) is 96.8 Å². The highest BCUT2D eigenvalue weighted by atomic mass is 32.2. The molecule has 0 aromatic rings. The van der Waals surface area contributed by atoms with Gasteiger partial charge < -0.3 is 4.74 Å². The molecule has 0 aromatic carbocycles. The topological polar surface area (TPSA) is 80.7 Å². The summed E-state index contributed by atoms with van der Waals surface area (Å²) in [7, 11) is -4.27. The van der Waals surface area contributed by atoms with Crippen LogP contribution in [0.15, 0.2) is 0 Å². The summed E-state index contributed by atoms with van der Waals surface area (Å²) >= 11 is 0. The molecule has 5 nitrogen and oxygen atoms in total. The normalized spacial score (nSPS) is 11.6. The largest absolute Gasteiger partial charge is 0.465 e. The fraction of sp³-hybridized carbons (Fsp3) is 0.944. The average Bonchev–Trinajstić information content (AvgIpc) is 2.49. The third-order valence-electron chi connectivity index (χ3n) is 4.06. The fourth-order valence-corrected chi connectivity index (χ4v) is 3.05. The zero-order valence-corrected chi connectivity index (χ0v) is 16.1. The molecule has 0 radical (unpaired) electrons. The van der Waals surface area contributed by atoms with E-state index in [0.29, 0.717) is 0 Å². The second-order valence-corrected chi connectivity index (χ2v) is 8.00. The van der Waals surface area contributed by atoms with Crippen LogP contribution < -0.4 is 0 Å². The van der Waals surface area contributed by atoms with Gasteiger partial charge in [-0.05, 0) is 6.42 Å². The first-order chi connectivity index (χ1) is 11.5. The fourth-order valence-electron chi connectivity index (χ4n) is 2.67. The van der Waals surface area contributed by atoms with Crippen LogP contribution in [0.1, 0.15) is 96.8 Å². The number of unbranched alkanes of at least 4 members (excludes halogenated alkanes) is 13. The molecule has 6 heteroatoms. The lowest BCUT2D eigenvalue weighted by atomic mass is 10.0. The monoisotopic (exact) mass is 364 g/mol. The quantitative estimate of drug-likeness (QED) is 0.225. The second kappa shape index (κ2) is 15.9. The van der Waals surface area contributed by atoms with Gasteiger partial charge in [-0.1, -0.05) is 90.4 Å². The Kier molecular flexibility index (Phi) is 15.5. The van der Waals surface area contributed by atoms with Crippen molar-refractivity contribution in [3.63, 3.8) is 0 Å². The molecular formula is C18H36O5S. The summed E-state index contributed by atoms with van der Waals surface area (Å²) in [6.45, 7) is 2.48. The van der Waals surface area contributed by atoms with Crippen molar-refractivity contribution in [3.8, 4) is 0 Å². The Bertz CT molecular complexity index is 392. The van der Waals surface area contributed by atoms with Crippen molar-refractivity contribution < 1.29 is 22.5 Å². The molecule has 0 heterocycles. The predicted molar refractivity (Wildman–Crippen MR) is 97.7 cm³/mol. The number of rotatable bonds is 17. The van der Waals surface area contributed by atoms with Crippen molar-refractivity contribution in [2.75, 3.05) is 12.4 Å². The molecule has 0 bridgehead atoms. The molecule has 0 aliphatic carbocycles. The minimum atomic E-state index is -4.27. The van der Waals surface area contributed by atoms with Crippen LogP contribution in [0.4, 0.5) is 0 Å². The first kappa shape index (κ1) is 23.4. The molecule has 0 aliphatic heterocycles. The van der Waals surface area contributed by atoms with Crippen molar-refractivity contribution in [1.82, 2.24) is 0 Å². The number of esters is 1.